The highest BCUT2D eigenvalue weighted by Gasteiger charge is 2.39. The molecule has 0 saturated heterocycles. The van der Waals surface area contributed by atoms with E-state index in [2.05, 4.69) is 15.9 Å². The van der Waals surface area contributed by atoms with Gasteiger partial charge in [-0.3, -0.25) is 0 Å². The van der Waals surface area contributed by atoms with Crippen molar-refractivity contribution in [2.75, 3.05) is 13.7 Å². The van der Waals surface area contributed by atoms with Crippen LogP contribution >= 0.6 is 15.9 Å². The SMILES string of the molecule is COc1c(Br)cc(F)c(F)c1C1(CN)CCCCC1. The van der Waals surface area contributed by atoms with E-state index in [-0.39, 0.29) is 0 Å². The number of hydrogen-bond donors (Lipinski definition) is 1. The van der Waals surface area contributed by atoms with Crippen LogP contribution in [0.25, 0.3) is 0 Å². The summed E-state index contributed by atoms with van der Waals surface area (Å²) in [7, 11) is 1.47. The van der Waals surface area contributed by atoms with Gasteiger partial charge in [-0.2, -0.15) is 0 Å². The maximum atomic E-state index is 14.3. The lowest BCUT2D eigenvalue weighted by Crippen LogP contribution is -2.38. The zero-order chi connectivity index (χ0) is 14.0. The Bertz CT molecular complexity index is 473. The van der Waals surface area contributed by atoms with Crippen molar-refractivity contribution in [2.24, 2.45) is 5.73 Å². The highest BCUT2D eigenvalue weighted by Crippen LogP contribution is 2.46. The molecule has 1 aromatic rings. The third-order valence-corrected chi connectivity index (χ3v) is 4.65. The molecule has 0 aromatic heterocycles. The summed E-state index contributed by atoms with van der Waals surface area (Å²) >= 11 is 3.24. The topological polar surface area (TPSA) is 35.2 Å². The second-order valence-corrected chi connectivity index (χ2v) is 5.96. The molecule has 0 atom stereocenters. The first kappa shape index (κ1) is 14.7. The normalized spacial score (nSPS) is 18.4. The van der Waals surface area contributed by atoms with Crippen LogP contribution in [0, 0.1) is 11.6 Å². The van der Waals surface area contributed by atoms with Crippen molar-refractivity contribution in [2.45, 2.75) is 37.5 Å². The summed E-state index contributed by atoms with van der Waals surface area (Å²) in [5.74, 6) is -1.32. The van der Waals surface area contributed by atoms with Crippen LogP contribution in [-0.4, -0.2) is 13.7 Å². The third-order valence-electron chi connectivity index (χ3n) is 4.06. The van der Waals surface area contributed by atoms with Gasteiger partial charge in [-0.25, -0.2) is 8.78 Å². The first-order valence-electron chi connectivity index (χ1n) is 6.48. The highest BCUT2D eigenvalue weighted by molar-refractivity contribution is 9.10. The largest absolute Gasteiger partial charge is 0.495 e. The van der Waals surface area contributed by atoms with Crippen molar-refractivity contribution < 1.29 is 13.5 Å². The number of rotatable bonds is 3. The minimum atomic E-state index is -0.860. The van der Waals surface area contributed by atoms with Crippen molar-refractivity contribution in [3.8, 4) is 5.75 Å². The highest BCUT2D eigenvalue weighted by atomic mass is 79.9. The van der Waals surface area contributed by atoms with Crippen LogP contribution in [0.15, 0.2) is 10.5 Å². The van der Waals surface area contributed by atoms with E-state index in [1.165, 1.54) is 7.11 Å². The summed E-state index contributed by atoms with van der Waals surface area (Å²) in [4.78, 5) is 0. The Labute approximate surface area is 120 Å². The molecule has 0 unspecified atom stereocenters. The van der Waals surface area contributed by atoms with E-state index in [1.807, 2.05) is 0 Å². The molecule has 0 bridgehead atoms. The molecular formula is C14H18BrF2NO. The van der Waals surface area contributed by atoms with Gasteiger partial charge in [-0.05, 0) is 34.8 Å². The van der Waals surface area contributed by atoms with E-state index in [0.717, 1.165) is 38.2 Å². The van der Waals surface area contributed by atoms with Crippen LogP contribution < -0.4 is 10.5 Å². The summed E-state index contributed by atoms with van der Waals surface area (Å²) < 4.78 is 33.7. The summed E-state index contributed by atoms with van der Waals surface area (Å²) in [5.41, 5.74) is 5.68. The van der Waals surface area contributed by atoms with Crippen molar-refractivity contribution >= 4 is 15.9 Å². The Morgan fingerprint density at radius 1 is 1.32 bits per heavy atom. The minimum Gasteiger partial charge on any atom is -0.495 e. The standard InChI is InChI=1S/C14H18BrF2NO/c1-19-13-9(15)7-10(16)12(17)11(13)14(8-18)5-3-2-4-6-14/h7H,2-6,8,18H2,1H3. The molecule has 106 valence electrons. The van der Waals surface area contributed by atoms with E-state index in [4.69, 9.17) is 10.5 Å². The van der Waals surface area contributed by atoms with E-state index >= 15 is 0 Å². The lowest BCUT2D eigenvalue weighted by Gasteiger charge is -2.38. The molecule has 0 heterocycles. The minimum absolute atomic E-state index is 0.295. The van der Waals surface area contributed by atoms with E-state index in [0.29, 0.717) is 22.3 Å². The van der Waals surface area contributed by atoms with Gasteiger partial charge in [0, 0.05) is 17.5 Å². The Kier molecular flexibility index (Phi) is 4.46. The van der Waals surface area contributed by atoms with Crippen molar-refractivity contribution in [1.29, 1.82) is 0 Å². The Morgan fingerprint density at radius 2 is 1.95 bits per heavy atom. The Balaban J connectivity index is 2.64. The number of hydrogen-bond acceptors (Lipinski definition) is 2. The van der Waals surface area contributed by atoms with Gasteiger partial charge < -0.3 is 10.5 Å². The molecule has 5 heteroatoms. The molecule has 1 aromatic carbocycles. The molecule has 1 saturated carbocycles. The third kappa shape index (κ3) is 2.50. The number of halogens is 3. The molecule has 2 nitrogen and oxygen atoms in total. The Hall–Kier alpha value is -0.680. The molecule has 0 radical (unpaired) electrons. The van der Waals surface area contributed by atoms with Crippen molar-refractivity contribution in [3.05, 3.63) is 27.7 Å². The molecule has 1 aliphatic carbocycles. The first-order valence-corrected chi connectivity index (χ1v) is 7.27. The molecule has 19 heavy (non-hydrogen) atoms. The van der Waals surface area contributed by atoms with Crippen molar-refractivity contribution in [1.82, 2.24) is 0 Å². The number of methoxy groups -OCH3 is 1. The fourth-order valence-corrected chi connectivity index (χ4v) is 3.60. The van der Waals surface area contributed by atoms with Gasteiger partial charge in [0.25, 0.3) is 0 Å². The maximum absolute atomic E-state index is 14.3. The van der Waals surface area contributed by atoms with E-state index < -0.39 is 17.0 Å². The Morgan fingerprint density at radius 3 is 2.47 bits per heavy atom. The zero-order valence-corrected chi connectivity index (χ0v) is 12.5. The van der Waals surface area contributed by atoms with Gasteiger partial charge in [0.2, 0.25) is 0 Å². The van der Waals surface area contributed by atoms with Crippen molar-refractivity contribution in [3.63, 3.8) is 0 Å². The number of ether oxygens (including phenoxy) is 1. The summed E-state index contributed by atoms with van der Waals surface area (Å²) in [6.45, 7) is 0.302. The smallest absolute Gasteiger partial charge is 0.166 e. The summed E-state index contributed by atoms with van der Waals surface area (Å²) in [5, 5.41) is 0. The molecular weight excluding hydrogens is 316 g/mol. The summed E-state index contributed by atoms with van der Waals surface area (Å²) in [6, 6.07) is 1.10. The van der Waals surface area contributed by atoms with Crippen LogP contribution in [0.4, 0.5) is 8.78 Å². The van der Waals surface area contributed by atoms with Gasteiger partial charge >= 0.3 is 0 Å². The molecule has 0 amide bonds. The number of nitrogens with two attached hydrogens (primary N) is 1. The second kappa shape index (κ2) is 5.75. The number of benzene rings is 1. The first-order chi connectivity index (χ1) is 9.05. The molecule has 2 rings (SSSR count). The monoisotopic (exact) mass is 333 g/mol. The predicted molar refractivity (Wildman–Crippen MR) is 74.4 cm³/mol. The zero-order valence-electron chi connectivity index (χ0n) is 10.9. The molecule has 0 aliphatic heterocycles. The summed E-state index contributed by atoms with van der Waals surface area (Å²) in [6.07, 6.45) is 4.61. The quantitative estimate of drug-likeness (QED) is 0.851. The maximum Gasteiger partial charge on any atom is 0.166 e. The molecule has 2 N–H and O–H groups in total. The van der Waals surface area contributed by atoms with Gasteiger partial charge in [-0.15, -0.1) is 0 Å². The van der Waals surface area contributed by atoms with Crippen LogP contribution in [0.3, 0.4) is 0 Å². The van der Waals surface area contributed by atoms with Crippen LogP contribution in [-0.2, 0) is 5.41 Å². The van der Waals surface area contributed by atoms with E-state index in [9.17, 15) is 8.78 Å². The molecule has 0 spiro atoms. The average Bonchev–Trinajstić information content (AvgIpc) is 2.43. The van der Waals surface area contributed by atoms with Gasteiger partial charge in [0.1, 0.15) is 5.75 Å². The van der Waals surface area contributed by atoms with Gasteiger partial charge in [0.15, 0.2) is 11.6 Å². The van der Waals surface area contributed by atoms with Crippen LogP contribution in [0.5, 0.6) is 5.75 Å². The fraction of sp³-hybridized carbons (Fsp3) is 0.571. The lowest BCUT2D eigenvalue weighted by molar-refractivity contribution is 0.273. The van der Waals surface area contributed by atoms with E-state index in [1.54, 1.807) is 0 Å². The van der Waals surface area contributed by atoms with Crippen LogP contribution in [0.2, 0.25) is 0 Å². The molecule has 1 aliphatic rings. The average molecular weight is 334 g/mol. The fourth-order valence-electron chi connectivity index (χ4n) is 3.04. The van der Waals surface area contributed by atoms with Gasteiger partial charge in [0.05, 0.1) is 11.6 Å². The second-order valence-electron chi connectivity index (χ2n) is 5.11. The lowest BCUT2D eigenvalue weighted by atomic mass is 9.69. The van der Waals surface area contributed by atoms with Crippen LogP contribution in [0.1, 0.15) is 37.7 Å². The predicted octanol–water partition coefficient (Wildman–Crippen LogP) is 3.90. The molecule has 1 fully saturated rings. The van der Waals surface area contributed by atoms with Gasteiger partial charge in [-0.1, -0.05) is 19.3 Å².